The highest BCUT2D eigenvalue weighted by atomic mass is 35.5. The number of alkyl halides is 5. The van der Waals surface area contributed by atoms with Gasteiger partial charge in [-0.25, -0.2) is 17.2 Å². The first-order chi connectivity index (χ1) is 14.3. The van der Waals surface area contributed by atoms with Gasteiger partial charge < -0.3 is 9.88 Å². The number of rotatable bonds is 6. The van der Waals surface area contributed by atoms with Crippen LogP contribution in [-0.4, -0.2) is 36.1 Å². The second-order valence-corrected chi connectivity index (χ2v) is 8.83. The van der Waals surface area contributed by atoms with Crippen molar-refractivity contribution in [3.63, 3.8) is 0 Å². The van der Waals surface area contributed by atoms with Gasteiger partial charge in [-0.1, -0.05) is 11.6 Å². The number of sulfonamides is 1. The zero-order valence-corrected chi connectivity index (χ0v) is 17.4. The van der Waals surface area contributed by atoms with Crippen molar-refractivity contribution in [3.05, 3.63) is 40.4 Å². The van der Waals surface area contributed by atoms with Crippen LogP contribution in [0.1, 0.15) is 41.6 Å². The fraction of sp³-hybridized carbons (Fsp3) is 0.412. The Morgan fingerprint density at radius 2 is 2.00 bits per heavy atom. The topological polar surface area (TPSA) is 93.1 Å². The normalized spacial score (nSPS) is 15.2. The van der Waals surface area contributed by atoms with E-state index in [1.807, 2.05) is 0 Å². The minimum Gasteiger partial charge on any atom is -0.338 e. The van der Waals surface area contributed by atoms with E-state index in [0.717, 1.165) is 12.3 Å². The molecule has 7 nitrogen and oxygen atoms in total. The van der Waals surface area contributed by atoms with Crippen LogP contribution in [-0.2, 0) is 23.0 Å². The number of carbonyl (C=O) groups excluding carboxylic acids is 1. The first kappa shape index (κ1) is 23.4. The Morgan fingerprint density at radius 3 is 2.61 bits per heavy atom. The lowest BCUT2D eigenvalue weighted by atomic mass is 10.2. The number of fused-ring (bicyclic) bond motifs is 1. The smallest absolute Gasteiger partial charge is 0.338 e. The molecular weight excluding hydrogens is 471 g/mol. The number of pyridine rings is 1. The molecule has 0 saturated carbocycles. The Balaban J connectivity index is 1.98. The van der Waals surface area contributed by atoms with E-state index in [-0.39, 0.29) is 30.0 Å². The van der Waals surface area contributed by atoms with Crippen molar-refractivity contribution in [2.45, 2.75) is 49.8 Å². The highest BCUT2D eigenvalue weighted by Gasteiger charge is 2.42. The Morgan fingerprint density at radius 1 is 1.32 bits per heavy atom. The molecule has 0 spiro atoms. The molecule has 1 unspecified atom stereocenters. The van der Waals surface area contributed by atoms with Crippen LogP contribution in [0.4, 0.5) is 27.6 Å². The van der Waals surface area contributed by atoms with Gasteiger partial charge in [0.05, 0.1) is 5.02 Å². The molecule has 170 valence electrons. The summed E-state index contributed by atoms with van der Waals surface area (Å²) in [6.07, 6.45) is -6.04. The van der Waals surface area contributed by atoms with Crippen molar-refractivity contribution >= 4 is 33.2 Å². The van der Waals surface area contributed by atoms with E-state index in [1.54, 1.807) is 0 Å². The molecule has 0 fully saturated rings. The van der Waals surface area contributed by atoms with Crippen molar-refractivity contribution < 1.29 is 35.2 Å². The second kappa shape index (κ2) is 8.36. The summed E-state index contributed by atoms with van der Waals surface area (Å²) in [5.41, 5.74) is -0.810. The Bertz CT molecular complexity index is 1120. The molecule has 1 aliphatic rings. The third kappa shape index (κ3) is 4.67. The molecule has 1 atom stereocenters. The molecule has 1 aliphatic heterocycles. The van der Waals surface area contributed by atoms with Gasteiger partial charge in [-0.15, -0.1) is 0 Å². The van der Waals surface area contributed by atoms with Crippen molar-refractivity contribution in [2.24, 2.45) is 0 Å². The van der Waals surface area contributed by atoms with Crippen LogP contribution >= 0.6 is 11.6 Å². The molecule has 0 aromatic carbocycles. The van der Waals surface area contributed by atoms with E-state index in [2.05, 4.69) is 10.3 Å². The average molecular weight is 487 g/mol. The largest absolute Gasteiger partial charge is 0.404 e. The van der Waals surface area contributed by atoms with Crippen molar-refractivity contribution in [1.82, 2.24) is 14.3 Å². The molecule has 2 N–H and O–H groups in total. The Kier molecular flexibility index (Phi) is 6.31. The fourth-order valence-corrected chi connectivity index (χ4v) is 5.37. The molecule has 0 radical (unpaired) electrons. The van der Waals surface area contributed by atoms with Gasteiger partial charge in [0.2, 0.25) is 10.0 Å². The maximum Gasteiger partial charge on any atom is 0.404 e. The van der Waals surface area contributed by atoms with E-state index in [9.17, 15) is 35.2 Å². The van der Waals surface area contributed by atoms with Gasteiger partial charge in [0.15, 0.2) is 0 Å². The average Bonchev–Trinajstić information content (AvgIpc) is 3.19. The van der Waals surface area contributed by atoms with Crippen molar-refractivity contribution in [1.29, 1.82) is 0 Å². The molecule has 31 heavy (non-hydrogen) atoms. The molecule has 14 heteroatoms. The number of halogens is 6. The zero-order valence-electron chi connectivity index (χ0n) is 15.8. The van der Waals surface area contributed by atoms with Gasteiger partial charge >= 0.3 is 6.18 Å². The molecule has 3 rings (SSSR count). The molecule has 3 heterocycles. The van der Waals surface area contributed by atoms with Crippen LogP contribution < -0.4 is 10.0 Å². The molecule has 0 saturated heterocycles. The van der Waals surface area contributed by atoms with Gasteiger partial charge in [-0.3, -0.25) is 9.78 Å². The summed E-state index contributed by atoms with van der Waals surface area (Å²) in [5, 5.41) is 1.80. The number of carbonyl (C=O) groups is 1. The molecule has 1 amide bonds. The summed E-state index contributed by atoms with van der Waals surface area (Å²) in [4.78, 5) is 15.6. The van der Waals surface area contributed by atoms with Crippen molar-refractivity contribution in [2.75, 3.05) is 5.32 Å². The number of nitrogens with zero attached hydrogens (tertiary/aromatic N) is 2. The van der Waals surface area contributed by atoms with Crippen LogP contribution in [0.15, 0.2) is 23.2 Å². The highest BCUT2D eigenvalue weighted by molar-refractivity contribution is 7.89. The van der Waals surface area contributed by atoms with Gasteiger partial charge in [0.1, 0.15) is 22.3 Å². The number of nitrogens with one attached hydrogen (secondary N) is 2. The lowest BCUT2D eigenvalue weighted by Crippen LogP contribution is -2.43. The van der Waals surface area contributed by atoms with Crippen LogP contribution in [0.5, 0.6) is 0 Å². The maximum atomic E-state index is 12.8. The quantitative estimate of drug-likeness (QED) is 0.606. The molecular formula is C17H16ClF5N4O3S. The summed E-state index contributed by atoms with van der Waals surface area (Å²) in [6, 6.07) is -0.197. The summed E-state index contributed by atoms with van der Waals surface area (Å²) >= 11 is 6.16. The third-order valence-corrected chi connectivity index (χ3v) is 6.75. The van der Waals surface area contributed by atoms with E-state index in [4.69, 9.17) is 11.6 Å². The zero-order chi connectivity index (χ0) is 23.1. The van der Waals surface area contributed by atoms with Gasteiger partial charge in [0, 0.05) is 24.1 Å². The molecule has 0 aliphatic carbocycles. The highest BCUT2D eigenvalue weighted by Crippen LogP contribution is 2.37. The van der Waals surface area contributed by atoms with Crippen LogP contribution in [0.2, 0.25) is 5.02 Å². The minimum atomic E-state index is -4.83. The summed E-state index contributed by atoms with van der Waals surface area (Å²) in [7, 11) is -4.71. The summed E-state index contributed by atoms with van der Waals surface area (Å²) in [6.45, 7) is 0.847. The van der Waals surface area contributed by atoms with Crippen LogP contribution in [0.3, 0.4) is 0 Å². The molecule has 2 aromatic rings. The number of hydrogen-bond acceptors (Lipinski definition) is 4. The third-order valence-electron chi connectivity index (χ3n) is 4.63. The Hall–Kier alpha value is -2.25. The number of hydrogen-bond donors (Lipinski definition) is 2. The first-order valence-electron chi connectivity index (χ1n) is 8.88. The fourth-order valence-electron chi connectivity index (χ4n) is 3.20. The minimum absolute atomic E-state index is 0.0341. The van der Waals surface area contributed by atoms with E-state index >= 15 is 0 Å². The second-order valence-electron chi connectivity index (χ2n) is 6.80. The van der Waals surface area contributed by atoms with Gasteiger partial charge in [-0.2, -0.15) is 17.9 Å². The van der Waals surface area contributed by atoms with Crippen LogP contribution in [0.25, 0.3) is 0 Å². The first-order valence-corrected chi connectivity index (χ1v) is 10.7. The number of aromatic nitrogens is 2. The van der Waals surface area contributed by atoms with Crippen LogP contribution in [0, 0.1) is 0 Å². The molecule has 2 aromatic heterocycles. The molecule has 0 bridgehead atoms. The lowest BCUT2D eigenvalue weighted by Gasteiger charge is -2.17. The number of anilines is 1. The number of amides is 1. The Labute approximate surface area is 178 Å². The summed E-state index contributed by atoms with van der Waals surface area (Å²) < 4.78 is 92.3. The SMILES string of the molecule is CC(NS(=O)(=O)c1c(Cl)c(C(=O)Nc2ccnc(C(F)F)c2)n2c1CCC2)C(F)(F)F. The standard InChI is InChI=1S/C17H16ClF5N4O3S/c1-8(17(21,22)23)26-31(29,30)14-11-3-2-6-27(11)13(12(14)18)16(28)25-9-4-5-24-10(7-9)15(19)20/h4-5,7-8,15,26H,2-3,6H2,1H3,(H,24,25,28). The van der Waals surface area contributed by atoms with E-state index in [0.29, 0.717) is 13.3 Å². The maximum absolute atomic E-state index is 12.8. The monoisotopic (exact) mass is 486 g/mol. The van der Waals surface area contributed by atoms with Crippen molar-refractivity contribution in [3.8, 4) is 0 Å². The summed E-state index contributed by atoms with van der Waals surface area (Å²) in [5.74, 6) is -0.898. The predicted octanol–water partition coefficient (Wildman–Crippen LogP) is 3.90. The van der Waals surface area contributed by atoms with E-state index in [1.165, 1.54) is 15.4 Å². The van der Waals surface area contributed by atoms with Gasteiger partial charge in [-0.05, 0) is 31.9 Å². The van der Waals surface area contributed by atoms with Gasteiger partial charge in [0.25, 0.3) is 12.3 Å². The van der Waals surface area contributed by atoms with E-state index < -0.39 is 50.2 Å². The lowest BCUT2D eigenvalue weighted by molar-refractivity contribution is -0.147. The predicted molar refractivity (Wildman–Crippen MR) is 101 cm³/mol.